The molecule has 0 amide bonds. The van der Waals surface area contributed by atoms with Gasteiger partial charge in [0.1, 0.15) is 0 Å². The fraction of sp³-hybridized carbons (Fsp3) is 0.500. The first kappa shape index (κ1) is 15.8. The lowest BCUT2D eigenvalue weighted by atomic mass is 10.1. The van der Waals surface area contributed by atoms with E-state index in [2.05, 4.69) is 37.1 Å². The molecule has 2 heterocycles. The van der Waals surface area contributed by atoms with Gasteiger partial charge >= 0.3 is 0 Å². The third-order valence-electron chi connectivity index (χ3n) is 3.53. The summed E-state index contributed by atoms with van der Waals surface area (Å²) < 4.78 is 1.92. The van der Waals surface area contributed by atoms with Gasteiger partial charge in [0.2, 0.25) is 0 Å². The molecular weight excluding hydrogens is 282 g/mol. The monoisotopic (exact) mass is 305 g/mol. The van der Waals surface area contributed by atoms with Gasteiger partial charge in [0, 0.05) is 24.7 Å². The Hall–Kier alpha value is -1.62. The zero-order valence-corrected chi connectivity index (χ0v) is 14.0. The van der Waals surface area contributed by atoms with Crippen LogP contribution in [0, 0.1) is 0 Å². The highest BCUT2D eigenvalue weighted by Gasteiger charge is 2.14. The maximum Gasteiger partial charge on any atom is 0.260 e. The fourth-order valence-electron chi connectivity index (χ4n) is 2.35. The summed E-state index contributed by atoms with van der Waals surface area (Å²) in [4.78, 5) is 17.3. The first-order valence-electron chi connectivity index (χ1n) is 7.45. The van der Waals surface area contributed by atoms with E-state index in [1.165, 1.54) is 11.3 Å². The van der Waals surface area contributed by atoms with E-state index in [1.807, 2.05) is 23.1 Å². The van der Waals surface area contributed by atoms with E-state index < -0.39 is 0 Å². The Kier molecular flexibility index (Phi) is 5.17. The zero-order valence-electron chi connectivity index (χ0n) is 13.1. The molecule has 2 aromatic rings. The number of hydrogen-bond acceptors (Lipinski definition) is 4. The number of anilines is 1. The molecule has 114 valence electrons. The number of thiazole rings is 1. The van der Waals surface area contributed by atoms with Crippen molar-refractivity contribution < 1.29 is 0 Å². The Morgan fingerprint density at radius 2 is 2.14 bits per heavy atom. The van der Waals surface area contributed by atoms with E-state index in [-0.39, 0.29) is 5.56 Å². The van der Waals surface area contributed by atoms with Gasteiger partial charge in [-0.2, -0.15) is 0 Å². The Labute approximate surface area is 129 Å². The van der Waals surface area contributed by atoms with Gasteiger partial charge in [0.25, 0.3) is 5.56 Å². The molecule has 0 bridgehead atoms. The molecule has 0 atom stereocenters. The number of rotatable bonds is 6. The number of pyridine rings is 1. The molecule has 0 unspecified atom stereocenters. The van der Waals surface area contributed by atoms with Crippen molar-refractivity contribution in [1.82, 2.24) is 9.55 Å². The minimum atomic E-state index is 0.0719. The van der Waals surface area contributed by atoms with Crippen LogP contribution in [0.25, 0.3) is 11.3 Å². The second-order valence-electron chi connectivity index (χ2n) is 5.42. The number of unbranched alkanes of at least 4 members (excludes halogenated alkanes) is 1. The lowest BCUT2D eigenvalue weighted by molar-refractivity contribution is 0.571. The molecule has 0 aliphatic rings. The Morgan fingerprint density at radius 1 is 1.38 bits per heavy atom. The summed E-state index contributed by atoms with van der Waals surface area (Å²) in [5.41, 5.74) is 2.62. The average molecular weight is 305 g/mol. The maximum atomic E-state index is 12.8. The van der Waals surface area contributed by atoms with E-state index >= 15 is 0 Å². The second kappa shape index (κ2) is 6.89. The standard InChI is InChI=1S/C16H23N3OS/c1-5-6-9-19-14(11(2)3)8-7-12(15(19)20)13-10-21-16(17-4)18-13/h7-8,10-11H,5-6,9H2,1-4H3,(H,17,18). The fourth-order valence-corrected chi connectivity index (χ4v) is 3.02. The lowest BCUT2D eigenvalue weighted by Crippen LogP contribution is -2.25. The predicted molar refractivity (Wildman–Crippen MR) is 90.4 cm³/mol. The third kappa shape index (κ3) is 3.35. The second-order valence-corrected chi connectivity index (χ2v) is 6.28. The highest BCUT2D eigenvalue weighted by Crippen LogP contribution is 2.23. The van der Waals surface area contributed by atoms with Crippen LogP contribution in [0.1, 0.15) is 45.2 Å². The van der Waals surface area contributed by atoms with E-state index in [4.69, 9.17) is 0 Å². The van der Waals surface area contributed by atoms with Crippen LogP contribution in [0.4, 0.5) is 5.13 Å². The molecule has 1 N–H and O–H groups in total. The minimum absolute atomic E-state index is 0.0719. The van der Waals surface area contributed by atoms with Gasteiger partial charge < -0.3 is 9.88 Å². The molecule has 2 rings (SSSR count). The lowest BCUT2D eigenvalue weighted by Gasteiger charge is -2.16. The van der Waals surface area contributed by atoms with Crippen molar-refractivity contribution in [2.24, 2.45) is 0 Å². The van der Waals surface area contributed by atoms with Crippen LogP contribution in [0.15, 0.2) is 22.3 Å². The summed E-state index contributed by atoms with van der Waals surface area (Å²) >= 11 is 1.52. The van der Waals surface area contributed by atoms with Crippen LogP contribution >= 0.6 is 11.3 Å². The molecule has 0 radical (unpaired) electrons. The topological polar surface area (TPSA) is 46.9 Å². The molecular formula is C16H23N3OS. The smallest absolute Gasteiger partial charge is 0.260 e. The maximum absolute atomic E-state index is 12.8. The summed E-state index contributed by atoms with van der Waals surface area (Å²) in [7, 11) is 1.84. The van der Waals surface area contributed by atoms with E-state index in [9.17, 15) is 4.79 Å². The number of nitrogens with zero attached hydrogens (tertiary/aromatic N) is 2. The molecule has 0 fully saturated rings. The van der Waals surface area contributed by atoms with Gasteiger partial charge in [-0.25, -0.2) is 4.98 Å². The predicted octanol–water partition coefficient (Wildman–Crippen LogP) is 3.94. The number of nitrogens with one attached hydrogen (secondary N) is 1. The van der Waals surface area contributed by atoms with E-state index in [0.29, 0.717) is 11.5 Å². The van der Waals surface area contributed by atoms with Crippen LogP contribution in [-0.4, -0.2) is 16.6 Å². The van der Waals surface area contributed by atoms with Gasteiger partial charge in [-0.1, -0.05) is 27.2 Å². The third-order valence-corrected chi connectivity index (χ3v) is 4.39. The Morgan fingerprint density at radius 3 is 2.71 bits per heavy atom. The first-order chi connectivity index (χ1) is 10.1. The Bertz CT molecular complexity index is 658. The summed E-state index contributed by atoms with van der Waals surface area (Å²) in [6.45, 7) is 7.17. The molecule has 2 aromatic heterocycles. The van der Waals surface area contributed by atoms with Crippen LogP contribution < -0.4 is 10.9 Å². The van der Waals surface area contributed by atoms with Crippen molar-refractivity contribution in [3.05, 3.63) is 33.6 Å². The van der Waals surface area contributed by atoms with Crippen molar-refractivity contribution in [1.29, 1.82) is 0 Å². The van der Waals surface area contributed by atoms with Crippen LogP contribution in [0.3, 0.4) is 0 Å². The molecule has 0 saturated carbocycles. The van der Waals surface area contributed by atoms with Gasteiger partial charge in [-0.05, 0) is 24.5 Å². The zero-order chi connectivity index (χ0) is 15.4. The van der Waals surface area contributed by atoms with Crippen molar-refractivity contribution in [2.75, 3.05) is 12.4 Å². The molecule has 21 heavy (non-hydrogen) atoms. The summed E-state index contributed by atoms with van der Waals surface area (Å²) in [6, 6.07) is 3.98. The highest BCUT2D eigenvalue weighted by molar-refractivity contribution is 7.14. The number of hydrogen-bond donors (Lipinski definition) is 1. The van der Waals surface area contributed by atoms with E-state index in [1.54, 1.807) is 0 Å². The van der Waals surface area contributed by atoms with Gasteiger partial charge in [-0.15, -0.1) is 11.3 Å². The van der Waals surface area contributed by atoms with Crippen molar-refractivity contribution in [3.63, 3.8) is 0 Å². The summed E-state index contributed by atoms with van der Waals surface area (Å²) in [5.74, 6) is 0.340. The largest absolute Gasteiger partial charge is 0.365 e. The van der Waals surface area contributed by atoms with Gasteiger partial charge in [0.05, 0.1) is 11.3 Å². The normalized spacial score (nSPS) is 11.1. The van der Waals surface area contributed by atoms with Crippen LogP contribution in [0.2, 0.25) is 0 Å². The number of aromatic nitrogens is 2. The molecule has 0 spiro atoms. The highest BCUT2D eigenvalue weighted by atomic mass is 32.1. The molecule has 0 aliphatic carbocycles. The first-order valence-corrected chi connectivity index (χ1v) is 8.33. The van der Waals surface area contributed by atoms with Crippen molar-refractivity contribution in [3.8, 4) is 11.3 Å². The quantitative estimate of drug-likeness (QED) is 0.879. The SMILES string of the molecule is CCCCn1c(C(C)C)ccc(-c2csc(NC)n2)c1=O. The molecule has 4 nitrogen and oxygen atoms in total. The molecule has 0 aliphatic heterocycles. The molecule has 0 aromatic carbocycles. The summed E-state index contributed by atoms with van der Waals surface area (Å²) in [5, 5.41) is 5.78. The van der Waals surface area contributed by atoms with Gasteiger partial charge in [-0.3, -0.25) is 4.79 Å². The minimum Gasteiger partial charge on any atom is -0.365 e. The van der Waals surface area contributed by atoms with Crippen LogP contribution in [0.5, 0.6) is 0 Å². The Balaban J connectivity index is 2.50. The molecule has 5 heteroatoms. The van der Waals surface area contributed by atoms with Crippen molar-refractivity contribution in [2.45, 2.75) is 46.1 Å². The molecule has 0 saturated heterocycles. The average Bonchev–Trinajstić information content (AvgIpc) is 2.94. The van der Waals surface area contributed by atoms with Crippen molar-refractivity contribution >= 4 is 16.5 Å². The van der Waals surface area contributed by atoms with Gasteiger partial charge in [0.15, 0.2) is 5.13 Å². The van der Waals surface area contributed by atoms with Crippen LogP contribution in [-0.2, 0) is 6.54 Å². The van der Waals surface area contributed by atoms with E-state index in [0.717, 1.165) is 35.9 Å². The summed E-state index contributed by atoms with van der Waals surface area (Å²) in [6.07, 6.45) is 2.09.